The fraction of sp³-hybridized carbons (Fsp3) is 0.214. The predicted molar refractivity (Wildman–Crippen MR) is 76.6 cm³/mol. The Hall–Kier alpha value is -1.75. The molecule has 19 heavy (non-hydrogen) atoms. The Bertz CT molecular complexity index is 542. The number of hydrogen-bond acceptors (Lipinski definition) is 3. The van der Waals surface area contributed by atoms with Gasteiger partial charge in [-0.25, -0.2) is 4.98 Å². The SMILES string of the molecule is CCN(Cc1ccncc1)C(=O)c1ccc(Br)nc1. The van der Waals surface area contributed by atoms with Crippen LogP contribution in [0.2, 0.25) is 0 Å². The molecule has 0 aromatic carbocycles. The van der Waals surface area contributed by atoms with Crippen molar-refractivity contribution >= 4 is 21.8 Å². The van der Waals surface area contributed by atoms with E-state index in [1.54, 1.807) is 35.6 Å². The lowest BCUT2D eigenvalue weighted by molar-refractivity contribution is 0.0752. The van der Waals surface area contributed by atoms with Crippen LogP contribution < -0.4 is 0 Å². The predicted octanol–water partition coefficient (Wildman–Crippen LogP) is 2.90. The van der Waals surface area contributed by atoms with Gasteiger partial charge in [-0.2, -0.15) is 0 Å². The normalized spacial score (nSPS) is 10.2. The van der Waals surface area contributed by atoms with E-state index in [-0.39, 0.29) is 5.91 Å². The van der Waals surface area contributed by atoms with Crippen molar-refractivity contribution in [2.24, 2.45) is 0 Å². The molecule has 0 radical (unpaired) electrons. The molecule has 0 unspecified atom stereocenters. The van der Waals surface area contributed by atoms with Gasteiger partial charge in [0.15, 0.2) is 0 Å². The molecule has 0 saturated carbocycles. The second-order valence-electron chi connectivity index (χ2n) is 4.04. The van der Waals surface area contributed by atoms with E-state index < -0.39 is 0 Å². The summed E-state index contributed by atoms with van der Waals surface area (Å²) in [7, 11) is 0. The second kappa shape index (κ2) is 6.43. The van der Waals surface area contributed by atoms with Crippen molar-refractivity contribution in [3.8, 4) is 0 Å². The Kier molecular flexibility index (Phi) is 4.63. The molecule has 0 fully saturated rings. The molecular formula is C14H14BrN3O. The number of rotatable bonds is 4. The van der Waals surface area contributed by atoms with Crippen molar-refractivity contribution in [1.82, 2.24) is 14.9 Å². The van der Waals surface area contributed by atoms with Gasteiger partial charge in [-0.1, -0.05) is 0 Å². The molecule has 1 amide bonds. The minimum absolute atomic E-state index is 0.0145. The van der Waals surface area contributed by atoms with Crippen LogP contribution in [-0.4, -0.2) is 27.3 Å². The van der Waals surface area contributed by atoms with Crippen molar-refractivity contribution < 1.29 is 4.79 Å². The van der Waals surface area contributed by atoms with E-state index in [1.165, 1.54) is 0 Å². The molecule has 2 rings (SSSR count). The van der Waals surface area contributed by atoms with Crippen LogP contribution >= 0.6 is 15.9 Å². The maximum Gasteiger partial charge on any atom is 0.255 e. The molecule has 0 aliphatic carbocycles. The summed E-state index contributed by atoms with van der Waals surface area (Å²) in [5.41, 5.74) is 1.66. The van der Waals surface area contributed by atoms with Crippen molar-refractivity contribution in [2.75, 3.05) is 6.54 Å². The Morgan fingerprint density at radius 3 is 2.58 bits per heavy atom. The molecule has 2 heterocycles. The van der Waals surface area contributed by atoms with E-state index in [0.29, 0.717) is 18.7 Å². The Labute approximate surface area is 120 Å². The van der Waals surface area contributed by atoms with Crippen molar-refractivity contribution in [1.29, 1.82) is 0 Å². The minimum atomic E-state index is -0.0145. The van der Waals surface area contributed by atoms with Crippen molar-refractivity contribution in [2.45, 2.75) is 13.5 Å². The summed E-state index contributed by atoms with van der Waals surface area (Å²) in [6.07, 6.45) is 5.05. The Balaban J connectivity index is 2.13. The van der Waals surface area contributed by atoms with Crippen LogP contribution in [0.5, 0.6) is 0 Å². The van der Waals surface area contributed by atoms with Gasteiger partial charge in [-0.15, -0.1) is 0 Å². The molecule has 0 bridgehead atoms. The summed E-state index contributed by atoms with van der Waals surface area (Å²) < 4.78 is 0.723. The van der Waals surface area contributed by atoms with Gasteiger partial charge >= 0.3 is 0 Å². The maximum atomic E-state index is 12.3. The molecule has 0 spiro atoms. The van der Waals surface area contributed by atoms with Crippen LogP contribution in [0.15, 0.2) is 47.5 Å². The molecular weight excluding hydrogens is 306 g/mol. The van der Waals surface area contributed by atoms with E-state index in [1.807, 2.05) is 19.1 Å². The molecule has 2 aromatic heterocycles. The number of halogens is 1. The number of nitrogens with zero attached hydrogens (tertiary/aromatic N) is 3. The summed E-state index contributed by atoms with van der Waals surface area (Å²) in [5.74, 6) is -0.0145. The van der Waals surface area contributed by atoms with E-state index in [9.17, 15) is 4.79 Å². The fourth-order valence-electron chi connectivity index (χ4n) is 1.72. The third-order valence-corrected chi connectivity index (χ3v) is 3.24. The smallest absolute Gasteiger partial charge is 0.255 e. The lowest BCUT2D eigenvalue weighted by Gasteiger charge is -2.20. The number of hydrogen-bond donors (Lipinski definition) is 0. The molecule has 98 valence electrons. The van der Waals surface area contributed by atoms with Crippen LogP contribution in [0.4, 0.5) is 0 Å². The van der Waals surface area contributed by atoms with Crippen LogP contribution in [-0.2, 0) is 6.54 Å². The van der Waals surface area contributed by atoms with Gasteiger partial charge in [0.1, 0.15) is 4.60 Å². The zero-order chi connectivity index (χ0) is 13.7. The first-order chi connectivity index (χ1) is 9.20. The van der Waals surface area contributed by atoms with Gasteiger partial charge < -0.3 is 4.90 Å². The van der Waals surface area contributed by atoms with E-state index in [4.69, 9.17) is 0 Å². The van der Waals surface area contributed by atoms with Gasteiger partial charge in [0.25, 0.3) is 5.91 Å². The van der Waals surface area contributed by atoms with Crippen molar-refractivity contribution in [3.63, 3.8) is 0 Å². The first-order valence-electron chi connectivity index (χ1n) is 6.00. The number of amides is 1. The summed E-state index contributed by atoms with van der Waals surface area (Å²) in [6, 6.07) is 7.37. The highest BCUT2D eigenvalue weighted by atomic mass is 79.9. The van der Waals surface area contributed by atoms with Gasteiger partial charge in [-0.05, 0) is 52.7 Å². The van der Waals surface area contributed by atoms with Gasteiger partial charge in [0, 0.05) is 31.7 Å². The minimum Gasteiger partial charge on any atom is -0.335 e. The summed E-state index contributed by atoms with van der Waals surface area (Å²) in [4.78, 5) is 22.2. The average Bonchev–Trinajstić information content (AvgIpc) is 2.46. The largest absolute Gasteiger partial charge is 0.335 e. The second-order valence-corrected chi connectivity index (χ2v) is 4.86. The molecule has 5 heteroatoms. The van der Waals surface area contributed by atoms with Crippen molar-refractivity contribution in [3.05, 3.63) is 58.6 Å². The molecule has 4 nitrogen and oxygen atoms in total. The zero-order valence-electron chi connectivity index (χ0n) is 10.6. The van der Waals surface area contributed by atoms with Crippen LogP contribution in [0, 0.1) is 0 Å². The third kappa shape index (κ3) is 3.61. The quantitative estimate of drug-likeness (QED) is 0.814. The number of pyridine rings is 2. The lowest BCUT2D eigenvalue weighted by Crippen LogP contribution is -2.30. The number of carbonyl (C=O) groups is 1. The monoisotopic (exact) mass is 319 g/mol. The first-order valence-corrected chi connectivity index (χ1v) is 6.79. The standard InChI is InChI=1S/C14H14BrN3O/c1-2-18(10-11-5-7-16-8-6-11)14(19)12-3-4-13(15)17-9-12/h3-9H,2,10H2,1H3. The van der Waals surface area contributed by atoms with Gasteiger partial charge in [0.2, 0.25) is 0 Å². The summed E-state index contributed by atoms with van der Waals surface area (Å²) in [6.45, 7) is 3.19. The summed E-state index contributed by atoms with van der Waals surface area (Å²) in [5, 5.41) is 0. The molecule has 0 N–H and O–H groups in total. The lowest BCUT2D eigenvalue weighted by atomic mass is 10.2. The number of carbonyl (C=O) groups excluding carboxylic acids is 1. The third-order valence-electron chi connectivity index (χ3n) is 2.77. The van der Waals surface area contributed by atoms with E-state index in [0.717, 1.165) is 10.2 Å². The first kappa shape index (κ1) is 13.7. The maximum absolute atomic E-state index is 12.3. The molecule has 0 aliphatic heterocycles. The van der Waals surface area contributed by atoms with E-state index >= 15 is 0 Å². The van der Waals surface area contributed by atoms with Crippen LogP contribution in [0.1, 0.15) is 22.8 Å². The Morgan fingerprint density at radius 1 is 1.26 bits per heavy atom. The zero-order valence-corrected chi connectivity index (χ0v) is 12.2. The van der Waals surface area contributed by atoms with E-state index in [2.05, 4.69) is 25.9 Å². The molecule has 2 aromatic rings. The Morgan fingerprint density at radius 2 is 2.00 bits per heavy atom. The summed E-state index contributed by atoms with van der Waals surface area (Å²) >= 11 is 3.26. The average molecular weight is 320 g/mol. The topological polar surface area (TPSA) is 46.1 Å². The molecule has 0 atom stereocenters. The van der Waals surface area contributed by atoms with Crippen LogP contribution in [0.25, 0.3) is 0 Å². The molecule has 0 aliphatic rings. The molecule has 0 saturated heterocycles. The number of aromatic nitrogens is 2. The highest BCUT2D eigenvalue weighted by molar-refractivity contribution is 9.10. The highest BCUT2D eigenvalue weighted by Crippen LogP contribution is 2.11. The fourth-order valence-corrected chi connectivity index (χ4v) is 1.96. The van der Waals surface area contributed by atoms with Gasteiger partial charge in [0.05, 0.1) is 5.56 Å². The highest BCUT2D eigenvalue weighted by Gasteiger charge is 2.14. The van der Waals surface area contributed by atoms with Gasteiger partial charge in [-0.3, -0.25) is 9.78 Å². The van der Waals surface area contributed by atoms with Crippen LogP contribution in [0.3, 0.4) is 0 Å².